The van der Waals surface area contributed by atoms with Crippen molar-refractivity contribution in [1.29, 1.82) is 0 Å². The molecular formula is C12H18N2O2. The monoisotopic (exact) mass is 222 g/mol. The quantitative estimate of drug-likeness (QED) is 0.405. The zero-order chi connectivity index (χ0) is 11.4. The number of hydrogen-bond acceptors (Lipinski definition) is 3. The molecule has 16 heavy (non-hydrogen) atoms. The first kappa shape index (κ1) is 11.3. The van der Waals surface area contributed by atoms with Crippen molar-refractivity contribution in [2.45, 2.75) is 57.0 Å². The Hall–Kier alpha value is -1.15. The standard InChI is InChI=1S/C12H18N2O2/c15-9-13-10-7-12(16)14(8-10)11-5-3-1-2-4-6-11/h10-11H,1-8H2. The lowest BCUT2D eigenvalue weighted by atomic mass is 10.1. The van der Waals surface area contributed by atoms with Crippen molar-refractivity contribution in [2.75, 3.05) is 6.54 Å². The largest absolute Gasteiger partial charge is 0.337 e. The molecule has 4 heteroatoms. The molecule has 1 heterocycles. The molecule has 1 aliphatic carbocycles. The Morgan fingerprint density at radius 3 is 2.50 bits per heavy atom. The fraction of sp³-hybridized carbons (Fsp3) is 0.833. The summed E-state index contributed by atoms with van der Waals surface area (Å²) in [7, 11) is 0. The Labute approximate surface area is 95.7 Å². The maximum Gasteiger partial charge on any atom is 0.235 e. The summed E-state index contributed by atoms with van der Waals surface area (Å²) in [4.78, 5) is 27.6. The van der Waals surface area contributed by atoms with Crippen LogP contribution < -0.4 is 0 Å². The van der Waals surface area contributed by atoms with Gasteiger partial charge < -0.3 is 4.90 Å². The number of isocyanates is 1. The van der Waals surface area contributed by atoms with Crippen LogP contribution >= 0.6 is 0 Å². The van der Waals surface area contributed by atoms with Crippen molar-refractivity contribution in [3.05, 3.63) is 0 Å². The van der Waals surface area contributed by atoms with E-state index in [0.29, 0.717) is 19.0 Å². The average molecular weight is 222 g/mol. The highest BCUT2D eigenvalue weighted by molar-refractivity contribution is 5.79. The minimum absolute atomic E-state index is 0.145. The number of aliphatic imine (C=N–C) groups is 1. The van der Waals surface area contributed by atoms with Gasteiger partial charge in [-0.15, -0.1) is 0 Å². The Kier molecular flexibility index (Phi) is 3.73. The fourth-order valence-corrected chi connectivity index (χ4v) is 2.80. The van der Waals surface area contributed by atoms with Gasteiger partial charge in [0.2, 0.25) is 12.0 Å². The van der Waals surface area contributed by atoms with Gasteiger partial charge in [-0.1, -0.05) is 25.7 Å². The molecule has 1 atom stereocenters. The van der Waals surface area contributed by atoms with E-state index in [-0.39, 0.29) is 11.9 Å². The van der Waals surface area contributed by atoms with E-state index < -0.39 is 0 Å². The number of rotatable bonds is 2. The lowest BCUT2D eigenvalue weighted by Crippen LogP contribution is -2.36. The van der Waals surface area contributed by atoms with Crippen LogP contribution in [0.5, 0.6) is 0 Å². The van der Waals surface area contributed by atoms with E-state index in [1.54, 1.807) is 6.08 Å². The second-order valence-electron chi connectivity index (χ2n) is 4.77. The lowest BCUT2D eigenvalue weighted by Gasteiger charge is -2.26. The van der Waals surface area contributed by atoms with Crippen LogP contribution in [0.1, 0.15) is 44.9 Å². The van der Waals surface area contributed by atoms with Gasteiger partial charge in [0.1, 0.15) is 0 Å². The molecule has 0 aromatic heterocycles. The summed E-state index contributed by atoms with van der Waals surface area (Å²) in [5, 5.41) is 0. The number of likely N-dealkylation sites (tertiary alicyclic amines) is 1. The summed E-state index contributed by atoms with van der Waals surface area (Å²) in [6.45, 7) is 0.624. The number of carbonyl (C=O) groups excluding carboxylic acids is 2. The van der Waals surface area contributed by atoms with Crippen LogP contribution in [-0.4, -0.2) is 35.5 Å². The maximum atomic E-state index is 11.8. The van der Waals surface area contributed by atoms with E-state index in [0.717, 1.165) is 12.8 Å². The zero-order valence-electron chi connectivity index (χ0n) is 9.52. The molecular weight excluding hydrogens is 204 g/mol. The van der Waals surface area contributed by atoms with Gasteiger partial charge in [0.25, 0.3) is 0 Å². The third-order valence-corrected chi connectivity index (χ3v) is 3.64. The van der Waals surface area contributed by atoms with Crippen LogP contribution in [0, 0.1) is 0 Å². The van der Waals surface area contributed by atoms with Crippen LogP contribution in [0.2, 0.25) is 0 Å². The topological polar surface area (TPSA) is 49.7 Å². The molecule has 0 spiro atoms. The summed E-state index contributed by atoms with van der Waals surface area (Å²) >= 11 is 0. The predicted molar refractivity (Wildman–Crippen MR) is 59.7 cm³/mol. The molecule has 2 rings (SSSR count). The zero-order valence-corrected chi connectivity index (χ0v) is 9.52. The van der Waals surface area contributed by atoms with Gasteiger partial charge in [0, 0.05) is 12.6 Å². The van der Waals surface area contributed by atoms with Crippen molar-refractivity contribution in [3.63, 3.8) is 0 Å². The number of nitrogens with zero attached hydrogens (tertiary/aromatic N) is 2. The van der Waals surface area contributed by atoms with Gasteiger partial charge in [-0.25, -0.2) is 9.79 Å². The first-order valence-electron chi connectivity index (χ1n) is 6.17. The van der Waals surface area contributed by atoms with Crippen molar-refractivity contribution in [3.8, 4) is 0 Å². The Morgan fingerprint density at radius 1 is 1.19 bits per heavy atom. The van der Waals surface area contributed by atoms with Crippen LogP contribution in [0.15, 0.2) is 4.99 Å². The number of amides is 1. The molecule has 88 valence electrons. The average Bonchev–Trinajstić information content (AvgIpc) is 2.52. The summed E-state index contributed by atoms with van der Waals surface area (Å²) in [6, 6.07) is 0.245. The third kappa shape index (κ3) is 2.50. The molecule has 0 N–H and O–H groups in total. The molecule has 4 nitrogen and oxygen atoms in total. The Balaban J connectivity index is 1.98. The summed E-state index contributed by atoms with van der Waals surface area (Å²) in [6.07, 6.45) is 9.19. The van der Waals surface area contributed by atoms with Crippen molar-refractivity contribution in [2.24, 2.45) is 4.99 Å². The molecule has 1 saturated heterocycles. The third-order valence-electron chi connectivity index (χ3n) is 3.64. The maximum absolute atomic E-state index is 11.8. The van der Waals surface area contributed by atoms with E-state index >= 15 is 0 Å². The lowest BCUT2D eigenvalue weighted by molar-refractivity contribution is -0.129. The van der Waals surface area contributed by atoms with Gasteiger partial charge in [0.15, 0.2) is 0 Å². The summed E-state index contributed by atoms with van der Waals surface area (Å²) < 4.78 is 0. The van der Waals surface area contributed by atoms with E-state index in [1.807, 2.05) is 4.90 Å². The van der Waals surface area contributed by atoms with Gasteiger partial charge >= 0.3 is 0 Å². The highest BCUT2D eigenvalue weighted by atomic mass is 16.2. The molecule has 1 aliphatic heterocycles. The van der Waals surface area contributed by atoms with Crippen molar-refractivity contribution in [1.82, 2.24) is 4.90 Å². The summed E-state index contributed by atoms with van der Waals surface area (Å²) in [5.74, 6) is 0.163. The highest BCUT2D eigenvalue weighted by Gasteiger charge is 2.34. The SMILES string of the molecule is O=C=NC1CC(=O)N(C2CCCCCC2)C1. The Morgan fingerprint density at radius 2 is 1.88 bits per heavy atom. The molecule has 2 aliphatic rings. The van der Waals surface area contributed by atoms with Gasteiger partial charge in [-0.05, 0) is 12.8 Å². The summed E-state index contributed by atoms with van der Waals surface area (Å²) in [5.41, 5.74) is 0. The molecule has 1 amide bonds. The molecule has 2 fully saturated rings. The smallest absolute Gasteiger partial charge is 0.235 e. The molecule has 0 radical (unpaired) electrons. The fourth-order valence-electron chi connectivity index (χ4n) is 2.80. The van der Waals surface area contributed by atoms with E-state index in [1.165, 1.54) is 25.7 Å². The minimum atomic E-state index is -0.145. The second-order valence-corrected chi connectivity index (χ2v) is 4.77. The molecule has 1 saturated carbocycles. The molecule has 0 aromatic carbocycles. The highest BCUT2D eigenvalue weighted by Crippen LogP contribution is 2.26. The Bertz CT molecular complexity index is 302. The minimum Gasteiger partial charge on any atom is -0.337 e. The molecule has 1 unspecified atom stereocenters. The van der Waals surface area contributed by atoms with Crippen molar-refractivity contribution >= 4 is 12.0 Å². The number of carbonyl (C=O) groups is 1. The predicted octanol–water partition coefficient (Wildman–Crippen LogP) is 1.65. The van der Waals surface area contributed by atoms with Crippen molar-refractivity contribution < 1.29 is 9.59 Å². The van der Waals surface area contributed by atoms with E-state index in [9.17, 15) is 9.59 Å². The first-order chi connectivity index (χ1) is 7.81. The van der Waals surface area contributed by atoms with Crippen LogP contribution in [0.25, 0.3) is 0 Å². The number of hydrogen-bond donors (Lipinski definition) is 0. The molecule has 0 bridgehead atoms. The molecule has 0 aromatic rings. The van der Waals surface area contributed by atoms with Crippen LogP contribution in [-0.2, 0) is 9.59 Å². The van der Waals surface area contributed by atoms with E-state index in [4.69, 9.17) is 0 Å². The van der Waals surface area contributed by atoms with Crippen LogP contribution in [0.4, 0.5) is 0 Å². The van der Waals surface area contributed by atoms with Gasteiger partial charge in [0.05, 0.1) is 12.5 Å². The van der Waals surface area contributed by atoms with Crippen LogP contribution in [0.3, 0.4) is 0 Å². The second kappa shape index (κ2) is 5.26. The first-order valence-corrected chi connectivity index (χ1v) is 6.17. The van der Waals surface area contributed by atoms with E-state index in [2.05, 4.69) is 4.99 Å². The normalized spacial score (nSPS) is 27.6. The van der Waals surface area contributed by atoms with Gasteiger partial charge in [-0.2, -0.15) is 0 Å². The van der Waals surface area contributed by atoms with Gasteiger partial charge in [-0.3, -0.25) is 4.79 Å².